The quantitative estimate of drug-likeness (QED) is 0.457. The molecule has 1 aliphatic rings. The molecule has 0 spiro atoms. The van der Waals surface area contributed by atoms with E-state index >= 15 is 0 Å². The second-order valence-corrected chi connectivity index (χ2v) is 3.22. The van der Waals surface area contributed by atoms with Gasteiger partial charge in [0.25, 0.3) is 0 Å². The topological polar surface area (TPSA) is 69.9 Å². The van der Waals surface area contributed by atoms with Gasteiger partial charge in [0.15, 0.2) is 0 Å². The van der Waals surface area contributed by atoms with E-state index in [1.165, 1.54) is 6.92 Å². The number of hydrogen-bond donors (Lipinski definition) is 3. The van der Waals surface area contributed by atoms with Crippen LogP contribution >= 0.6 is 0 Å². The lowest BCUT2D eigenvalue weighted by Gasteiger charge is -2.37. The van der Waals surface area contributed by atoms with Gasteiger partial charge in [-0.25, -0.2) is 0 Å². The lowest BCUT2D eigenvalue weighted by Crippen LogP contribution is -2.51. The molecule has 0 radical (unpaired) electrons. The fraction of sp³-hybridized carbons (Fsp3) is 1.00. The van der Waals surface area contributed by atoms with E-state index < -0.39 is 11.7 Å². The van der Waals surface area contributed by atoms with Gasteiger partial charge in [-0.2, -0.15) is 0 Å². The maximum absolute atomic E-state index is 9.40. The van der Waals surface area contributed by atoms with Crippen molar-refractivity contribution in [3.05, 3.63) is 0 Å². The highest BCUT2D eigenvalue weighted by atomic mass is 16.5. The van der Waals surface area contributed by atoms with Gasteiger partial charge in [-0.15, -0.1) is 0 Å². The molecule has 0 bridgehead atoms. The van der Waals surface area contributed by atoms with E-state index in [2.05, 4.69) is 0 Å². The largest absolute Gasteiger partial charge is 0.394 e. The highest BCUT2D eigenvalue weighted by Crippen LogP contribution is 2.22. The third-order valence-electron chi connectivity index (χ3n) is 2.02. The van der Waals surface area contributed by atoms with Crippen molar-refractivity contribution in [2.24, 2.45) is 0 Å². The fourth-order valence-corrected chi connectivity index (χ4v) is 1.08. The van der Waals surface area contributed by atoms with Crippen LogP contribution in [0.2, 0.25) is 0 Å². The van der Waals surface area contributed by atoms with Crippen molar-refractivity contribution in [1.82, 2.24) is 0 Å². The third-order valence-corrected chi connectivity index (χ3v) is 2.02. The Morgan fingerprint density at radius 1 is 1.64 bits per heavy atom. The van der Waals surface area contributed by atoms with Crippen molar-refractivity contribution >= 4 is 0 Å². The molecule has 2 unspecified atom stereocenters. The SMILES string of the molecule is C[C@@]1(O)COC(CO)CC1O. The molecular formula is C7H14O4. The number of rotatable bonds is 1. The van der Waals surface area contributed by atoms with E-state index in [0.717, 1.165) is 0 Å². The maximum atomic E-state index is 9.40. The molecule has 66 valence electrons. The monoisotopic (exact) mass is 162 g/mol. The van der Waals surface area contributed by atoms with Crippen molar-refractivity contribution in [1.29, 1.82) is 0 Å². The Hall–Kier alpha value is -0.160. The predicted octanol–water partition coefficient (Wildman–Crippen LogP) is -1.12. The summed E-state index contributed by atoms with van der Waals surface area (Å²) in [5.41, 5.74) is -1.16. The predicted molar refractivity (Wildman–Crippen MR) is 38.1 cm³/mol. The van der Waals surface area contributed by atoms with Crippen LogP contribution in [0.5, 0.6) is 0 Å². The van der Waals surface area contributed by atoms with E-state index in [0.29, 0.717) is 6.42 Å². The summed E-state index contributed by atoms with van der Waals surface area (Å²) in [5, 5.41) is 27.4. The Bertz CT molecular complexity index is 134. The first-order valence-corrected chi connectivity index (χ1v) is 3.69. The van der Waals surface area contributed by atoms with E-state index in [-0.39, 0.29) is 19.3 Å². The molecule has 1 rings (SSSR count). The van der Waals surface area contributed by atoms with Gasteiger partial charge in [-0.1, -0.05) is 0 Å². The van der Waals surface area contributed by atoms with Crippen LogP contribution in [-0.2, 0) is 4.74 Å². The molecule has 4 nitrogen and oxygen atoms in total. The summed E-state index contributed by atoms with van der Waals surface area (Å²) in [6.07, 6.45) is -0.831. The Balaban J connectivity index is 2.48. The molecule has 1 saturated heterocycles. The van der Waals surface area contributed by atoms with Crippen LogP contribution < -0.4 is 0 Å². The molecule has 0 aromatic rings. The first-order valence-electron chi connectivity index (χ1n) is 3.69. The van der Waals surface area contributed by atoms with Gasteiger partial charge < -0.3 is 20.1 Å². The summed E-state index contributed by atoms with van der Waals surface area (Å²) in [5.74, 6) is 0. The van der Waals surface area contributed by atoms with Crippen LogP contribution in [0.3, 0.4) is 0 Å². The number of hydrogen-bond acceptors (Lipinski definition) is 4. The Morgan fingerprint density at radius 3 is 2.73 bits per heavy atom. The summed E-state index contributed by atoms with van der Waals surface area (Å²) in [7, 11) is 0. The van der Waals surface area contributed by atoms with Gasteiger partial charge in [0, 0.05) is 6.42 Å². The lowest BCUT2D eigenvalue weighted by atomic mass is 9.92. The van der Waals surface area contributed by atoms with Crippen LogP contribution in [0.15, 0.2) is 0 Å². The Kier molecular flexibility index (Phi) is 2.49. The molecule has 3 atom stereocenters. The summed E-state index contributed by atoms with van der Waals surface area (Å²) in [6, 6.07) is 0. The normalized spacial score (nSPS) is 45.8. The van der Waals surface area contributed by atoms with Crippen LogP contribution in [0.4, 0.5) is 0 Å². The minimum Gasteiger partial charge on any atom is -0.394 e. The molecule has 1 aliphatic heterocycles. The number of aliphatic hydroxyl groups excluding tert-OH is 2. The zero-order valence-corrected chi connectivity index (χ0v) is 6.53. The van der Waals surface area contributed by atoms with E-state index in [1.54, 1.807) is 0 Å². The van der Waals surface area contributed by atoms with Crippen molar-refractivity contribution in [2.75, 3.05) is 13.2 Å². The van der Waals surface area contributed by atoms with Crippen LogP contribution in [0.25, 0.3) is 0 Å². The maximum Gasteiger partial charge on any atom is 0.111 e. The lowest BCUT2D eigenvalue weighted by molar-refractivity contribution is -0.181. The molecule has 0 aliphatic carbocycles. The van der Waals surface area contributed by atoms with Gasteiger partial charge in [0.2, 0.25) is 0 Å². The number of ether oxygens (including phenoxy) is 1. The van der Waals surface area contributed by atoms with Gasteiger partial charge in [0.05, 0.1) is 25.4 Å². The highest BCUT2D eigenvalue weighted by Gasteiger charge is 2.37. The second kappa shape index (κ2) is 3.06. The summed E-state index contributed by atoms with van der Waals surface area (Å²) >= 11 is 0. The average molecular weight is 162 g/mol. The minimum absolute atomic E-state index is 0.0827. The van der Waals surface area contributed by atoms with Crippen LogP contribution in [-0.4, -0.2) is 46.3 Å². The first kappa shape index (κ1) is 8.93. The third kappa shape index (κ3) is 1.90. The summed E-state index contributed by atoms with van der Waals surface area (Å²) in [4.78, 5) is 0. The number of aliphatic hydroxyl groups is 3. The summed E-state index contributed by atoms with van der Waals surface area (Å²) < 4.78 is 5.05. The molecule has 0 aromatic heterocycles. The Labute approximate surface area is 65.4 Å². The van der Waals surface area contributed by atoms with E-state index in [1.807, 2.05) is 0 Å². The first-order chi connectivity index (χ1) is 5.06. The molecule has 0 amide bonds. The molecule has 0 saturated carbocycles. The zero-order chi connectivity index (χ0) is 8.48. The van der Waals surface area contributed by atoms with Gasteiger partial charge in [-0.3, -0.25) is 0 Å². The molecule has 1 fully saturated rings. The highest BCUT2D eigenvalue weighted by molar-refractivity contribution is 4.87. The molecule has 4 heteroatoms. The standard InChI is InChI=1S/C7H14O4/c1-7(10)4-11-5(3-8)2-6(7)9/h5-6,8-10H,2-4H2,1H3/t5?,6?,7-/m1/s1. The van der Waals surface area contributed by atoms with Gasteiger partial charge >= 0.3 is 0 Å². The molecule has 3 N–H and O–H groups in total. The Morgan fingerprint density at radius 2 is 2.27 bits per heavy atom. The van der Waals surface area contributed by atoms with E-state index in [9.17, 15) is 10.2 Å². The van der Waals surface area contributed by atoms with Crippen molar-refractivity contribution in [3.8, 4) is 0 Å². The molecule has 11 heavy (non-hydrogen) atoms. The van der Waals surface area contributed by atoms with Crippen molar-refractivity contribution in [2.45, 2.75) is 31.2 Å². The molecule has 0 aromatic carbocycles. The smallest absolute Gasteiger partial charge is 0.111 e. The molecular weight excluding hydrogens is 148 g/mol. The van der Waals surface area contributed by atoms with Crippen LogP contribution in [0, 0.1) is 0 Å². The zero-order valence-electron chi connectivity index (χ0n) is 6.53. The average Bonchev–Trinajstić information content (AvgIpc) is 1.95. The van der Waals surface area contributed by atoms with Crippen molar-refractivity contribution in [3.63, 3.8) is 0 Å². The summed E-state index contributed by atoms with van der Waals surface area (Å²) in [6.45, 7) is 1.50. The van der Waals surface area contributed by atoms with Gasteiger partial charge in [-0.05, 0) is 6.92 Å². The van der Waals surface area contributed by atoms with Crippen molar-refractivity contribution < 1.29 is 20.1 Å². The minimum atomic E-state index is -1.16. The van der Waals surface area contributed by atoms with E-state index in [4.69, 9.17) is 9.84 Å². The fourth-order valence-electron chi connectivity index (χ4n) is 1.08. The van der Waals surface area contributed by atoms with Gasteiger partial charge in [0.1, 0.15) is 5.60 Å². The second-order valence-electron chi connectivity index (χ2n) is 3.22. The van der Waals surface area contributed by atoms with Crippen LogP contribution in [0.1, 0.15) is 13.3 Å². The molecule has 1 heterocycles.